The number of rotatable bonds is 4. The molecule has 1 aromatic carbocycles. The van der Waals surface area contributed by atoms with Crippen LogP contribution in [0.2, 0.25) is 0 Å². The van der Waals surface area contributed by atoms with Crippen molar-refractivity contribution < 1.29 is 23.5 Å². The predicted molar refractivity (Wildman–Crippen MR) is 71.9 cm³/mol. The number of benzene rings is 1. The molecule has 0 saturated heterocycles. The first kappa shape index (κ1) is 15.4. The molecule has 1 aliphatic carbocycles. The summed E-state index contributed by atoms with van der Waals surface area (Å²) in [4.78, 5) is 23.2. The number of halogens is 2. The Hall–Kier alpha value is -1.98. The van der Waals surface area contributed by atoms with Crippen molar-refractivity contribution in [2.24, 2.45) is 0 Å². The molecule has 0 spiro atoms. The van der Waals surface area contributed by atoms with Crippen molar-refractivity contribution in [3.8, 4) is 0 Å². The topological polar surface area (TPSA) is 66.4 Å². The van der Waals surface area contributed by atoms with E-state index in [0.29, 0.717) is 12.8 Å². The van der Waals surface area contributed by atoms with Crippen LogP contribution in [0.25, 0.3) is 0 Å². The van der Waals surface area contributed by atoms with Crippen LogP contribution in [-0.2, 0) is 4.79 Å². The molecule has 4 nitrogen and oxygen atoms in total. The Morgan fingerprint density at radius 2 is 1.86 bits per heavy atom. The van der Waals surface area contributed by atoms with Crippen LogP contribution in [-0.4, -0.2) is 22.5 Å². The van der Waals surface area contributed by atoms with Crippen LogP contribution in [0.15, 0.2) is 18.2 Å². The molecule has 0 atom stereocenters. The number of carbonyl (C=O) groups is 2. The number of aliphatic carboxylic acids is 1. The van der Waals surface area contributed by atoms with Crippen molar-refractivity contribution >= 4 is 11.9 Å². The predicted octanol–water partition coefficient (Wildman–Crippen LogP) is 2.87. The average Bonchev–Trinajstić information content (AvgIpc) is 2.41. The number of carboxylic acids is 1. The summed E-state index contributed by atoms with van der Waals surface area (Å²) in [6.07, 6.45) is 3.43. The third kappa shape index (κ3) is 3.56. The van der Waals surface area contributed by atoms with Crippen LogP contribution in [0.1, 0.15) is 48.9 Å². The third-order valence-corrected chi connectivity index (χ3v) is 3.88. The fourth-order valence-corrected chi connectivity index (χ4v) is 2.85. The molecule has 1 aliphatic rings. The maximum absolute atomic E-state index is 13.6. The van der Waals surface area contributed by atoms with Gasteiger partial charge in [-0.15, -0.1) is 0 Å². The molecular weight excluding hydrogens is 280 g/mol. The Bertz CT molecular complexity index is 554. The molecular formula is C15H17F2NO3. The zero-order valence-electron chi connectivity index (χ0n) is 11.5. The maximum atomic E-state index is 13.6. The summed E-state index contributed by atoms with van der Waals surface area (Å²) in [5.41, 5.74) is -1.27. The van der Waals surface area contributed by atoms with Gasteiger partial charge >= 0.3 is 5.97 Å². The summed E-state index contributed by atoms with van der Waals surface area (Å²) in [6, 6.07) is 3.36. The molecule has 2 rings (SSSR count). The van der Waals surface area contributed by atoms with Crippen LogP contribution in [0.5, 0.6) is 0 Å². The lowest BCUT2D eigenvalue weighted by molar-refractivity contribution is -0.139. The summed E-state index contributed by atoms with van der Waals surface area (Å²) >= 11 is 0. The maximum Gasteiger partial charge on any atom is 0.305 e. The quantitative estimate of drug-likeness (QED) is 0.898. The zero-order chi connectivity index (χ0) is 15.5. The molecule has 0 radical (unpaired) electrons. The first-order chi connectivity index (χ1) is 9.93. The fourth-order valence-electron chi connectivity index (χ4n) is 2.85. The second-order valence-corrected chi connectivity index (χ2v) is 5.47. The number of amides is 1. The molecule has 0 aromatic heterocycles. The van der Waals surface area contributed by atoms with Crippen molar-refractivity contribution in [3.63, 3.8) is 0 Å². The SMILES string of the molecule is O=C(O)CC1(NC(=O)c2cccc(F)c2F)CCCCC1. The summed E-state index contributed by atoms with van der Waals surface area (Å²) in [5, 5.41) is 11.6. The standard InChI is InChI=1S/C15H17F2NO3/c16-11-6-4-5-10(13(11)17)14(21)18-15(9-12(19)20)7-2-1-3-8-15/h4-6H,1-3,7-9H2,(H,18,21)(H,19,20). The van der Waals surface area contributed by atoms with Crippen LogP contribution in [0.4, 0.5) is 8.78 Å². The Morgan fingerprint density at radius 1 is 1.19 bits per heavy atom. The van der Waals surface area contributed by atoms with E-state index in [1.807, 2.05) is 0 Å². The second-order valence-electron chi connectivity index (χ2n) is 5.47. The normalized spacial score (nSPS) is 17.2. The van der Waals surface area contributed by atoms with Gasteiger partial charge in [0.05, 0.1) is 17.5 Å². The van der Waals surface area contributed by atoms with Gasteiger partial charge in [0.2, 0.25) is 0 Å². The Balaban J connectivity index is 2.21. The van der Waals surface area contributed by atoms with Crippen molar-refractivity contribution in [2.45, 2.75) is 44.1 Å². The van der Waals surface area contributed by atoms with Gasteiger partial charge in [-0.2, -0.15) is 0 Å². The van der Waals surface area contributed by atoms with E-state index in [0.717, 1.165) is 25.3 Å². The van der Waals surface area contributed by atoms with Gasteiger partial charge in [-0.1, -0.05) is 25.3 Å². The molecule has 2 N–H and O–H groups in total. The molecule has 1 saturated carbocycles. The van der Waals surface area contributed by atoms with Gasteiger partial charge in [-0.05, 0) is 25.0 Å². The summed E-state index contributed by atoms with van der Waals surface area (Å²) in [6.45, 7) is 0. The van der Waals surface area contributed by atoms with Crippen molar-refractivity contribution in [1.29, 1.82) is 0 Å². The molecule has 21 heavy (non-hydrogen) atoms. The van der Waals surface area contributed by atoms with E-state index in [1.165, 1.54) is 12.1 Å². The summed E-state index contributed by atoms with van der Waals surface area (Å²) in [5.74, 6) is -4.10. The minimum atomic E-state index is -1.21. The molecule has 0 aliphatic heterocycles. The fraction of sp³-hybridized carbons (Fsp3) is 0.467. The molecule has 0 heterocycles. The molecule has 1 fully saturated rings. The number of carboxylic acid groups (broad SMARTS) is 1. The Kier molecular flexibility index (Phi) is 4.55. The molecule has 0 unspecified atom stereocenters. The second kappa shape index (κ2) is 6.20. The van der Waals surface area contributed by atoms with E-state index in [1.54, 1.807) is 0 Å². The highest BCUT2D eigenvalue weighted by Crippen LogP contribution is 2.31. The average molecular weight is 297 g/mol. The number of carbonyl (C=O) groups excluding carboxylic acids is 1. The van der Waals surface area contributed by atoms with Gasteiger partial charge in [0.15, 0.2) is 11.6 Å². The highest BCUT2D eigenvalue weighted by atomic mass is 19.2. The Morgan fingerprint density at radius 3 is 2.48 bits per heavy atom. The van der Waals surface area contributed by atoms with Crippen LogP contribution >= 0.6 is 0 Å². The van der Waals surface area contributed by atoms with Crippen molar-refractivity contribution in [2.75, 3.05) is 0 Å². The van der Waals surface area contributed by atoms with E-state index < -0.39 is 34.6 Å². The summed E-state index contributed by atoms with van der Waals surface area (Å²) < 4.78 is 26.8. The van der Waals surface area contributed by atoms with E-state index in [-0.39, 0.29) is 6.42 Å². The van der Waals surface area contributed by atoms with E-state index in [2.05, 4.69) is 5.32 Å². The molecule has 0 bridgehead atoms. The van der Waals surface area contributed by atoms with Gasteiger partial charge < -0.3 is 10.4 Å². The highest BCUT2D eigenvalue weighted by Gasteiger charge is 2.36. The molecule has 6 heteroatoms. The number of hydrogen-bond acceptors (Lipinski definition) is 2. The van der Waals surface area contributed by atoms with Crippen molar-refractivity contribution in [1.82, 2.24) is 5.32 Å². The van der Waals surface area contributed by atoms with E-state index >= 15 is 0 Å². The zero-order valence-corrected chi connectivity index (χ0v) is 11.5. The minimum absolute atomic E-state index is 0.213. The van der Waals surface area contributed by atoms with E-state index in [4.69, 9.17) is 5.11 Å². The van der Waals surface area contributed by atoms with E-state index in [9.17, 15) is 18.4 Å². The van der Waals surface area contributed by atoms with Gasteiger partial charge in [0.1, 0.15) is 0 Å². The lowest BCUT2D eigenvalue weighted by Gasteiger charge is -2.37. The Labute approximate surface area is 121 Å². The lowest BCUT2D eigenvalue weighted by atomic mass is 9.79. The van der Waals surface area contributed by atoms with Crippen LogP contribution in [0, 0.1) is 11.6 Å². The van der Waals surface area contributed by atoms with Gasteiger partial charge in [0, 0.05) is 0 Å². The smallest absolute Gasteiger partial charge is 0.305 e. The molecule has 1 amide bonds. The molecule has 1 aromatic rings. The van der Waals surface area contributed by atoms with Gasteiger partial charge in [-0.3, -0.25) is 9.59 Å². The third-order valence-electron chi connectivity index (χ3n) is 3.88. The first-order valence-electron chi connectivity index (χ1n) is 6.92. The number of hydrogen-bond donors (Lipinski definition) is 2. The van der Waals surface area contributed by atoms with Crippen LogP contribution in [0.3, 0.4) is 0 Å². The first-order valence-corrected chi connectivity index (χ1v) is 6.92. The van der Waals surface area contributed by atoms with Crippen molar-refractivity contribution in [3.05, 3.63) is 35.4 Å². The monoisotopic (exact) mass is 297 g/mol. The lowest BCUT2D eigenvalue weighted by Crippen LogP contribution is -2.51. The largest absolute Gasteiger partial charge is 0.481 e. The van der Waals surface area contributed by atoms with Crippen LogP contribution < -0.4 is 5.32 Å². The van der Waals surface area contributed by atoms with Gasteiger partial charge in [-0.25, -0.2) is 8.78 Å². The minimum Gasteiger partial charge on any atom is -0.481 e. The van der Waals surface area contributed by atoms with Gasteiger partial charge in [0.25, 0.3) is 5.91 Å². The summed E-state index contributed by atoms with van der Waals surface area (Å²) in [7, 11) is 0. The number of nitrogens with one attached hydrogen (secondary N) is 1. The highest BCUT2D eigenvalue weighted by molar-refractivity contribution is 5.95. The molecule has 114 valence electrons.